The number of rotatable bonds is 9. The molecule has 3 nitrogen and oxygen atoms in total. The van der Waals surface area contributed by atoms with Crippen LogP contribution in [0.1, 0.15) is 25.8 Å². The average molecular weight is 283 g/mol. The summed E-state index contributed by atoms with van der Waals surface area (Å²) in [5.41, 5.74) is 6.72. The Hall–Kier alpha value is -0.870. The van der Waals surface area contributed by atoms with E-state index in [-0.39, 0.29) is 0 Å². The molecule has 0 bridgehead atoms. The molecule has 1 rings (SSSR count). The third kappa shape index (κ3) is 6.73. The van der Waals surface area contributed by atoms with Gasteiger partial charge in [0, 0.05) is 16.6 Å². The first-order chi connectivity index (χ1) is 9.15. The quantitative estimate of drug-likeness (QED) is 0.757. The zero-order chi connectivity index (χ0) is 14.1. The smallest absolute Gasteiger partial charge is 0.119 e. The van der Waals surface area contributed by atoms with Crippen LogP contribution in [0.25, 0.3) is 0 Å². The Labute approximate surface area is 119 Å². The van der Waals surface area contributed by atoms with Gasteiger partial charge in [0.25, 0.3) is 0 Å². The van der Waals surface area contributed by atoms with E-state index in [1.807, 2.05) is 24.3 Å². The van der Waals surface area contributed by atoms with Crippen LogP contribution in [0.15, 0.2) is 24.3 Å². The van der Waals surface area contributed by atoms with Crippen molar-refractivity contribution in [1.29, 1.82) is 0 Å². The third-order valence-electron chi connectivity index (χ3n) is 3.10. The molecule has 0 aromatic heterocycles. The molecule has 0 aliphatic heterocycles. The molecule has 2 N–H and O–H groups in total. The molecule has 1 aromatic carbocycles. The largest absolute Gasteiger partial charge is 0.493 e. The van der Waals surface area contributed by atoms with Gasteiger partial charge in [-0.2, -0.15) is 0 Å². The maximum absolute atomic E-state index is 11.8. The lowest BCUT2D eigenvalue weighted by molar-refractivity contribution is 0.342. The molecule has 0 radical (unpaired) electrons. The summed E-state index contributed by atoms with van der Waals surface area (Å²) < 4.78 is 17.4. The van der Waals surface area contributed by atoms with E-state index in [2.05, 4.69) is 13.8 Å². The van der Waals surface area contributed by atoms with Crippen LogP contribution in [-0.2, 0) is 17.2 Å². The molecule has 0 spiro atoms. The molecule has 0 saturated carbocycles. The normalized spacial score (nSPS) is 14.1. The van der Waals surface area contributed by atoms with Crippen LogP contribution < -0.4 is 10.5 Å². The highest BCUT2D eigenvalue weighted by atomic mass is 32.2. The Morgan fingerprint density at radius 1 is 1.32 bits per heavy atom. The van der Waals surface area contributed by atoms with E-state index in [0.29, 0.717) is 24.8 Å². The van der Waals surface area contributed by atoms with Crippen molar-refractivity contribution in [2.75, 3.05) is 24.7 Å². The summed E-state index contributed by atoms with van der Waals surface area (Å²) in [7, 11) is -0.773. The van der Waals surface area contributed by atoms with E-state index in [4.69, 9.17) is 10.5 Å². The molecule has 2 atom stereocenters. The van der Waals surface area contributed by atoms with Crippen LogP contribution >= 0.6 is 0 Å². The van der Waals surface area contributed by atoms with Gasteiger partial charge in [-0.05, 0) is 36.6 Å². The minimum Gasteiger partial charge on any atom is -0.493 e. The van der Waals surface area contributed by atoms with Crippen molar-refractivity contribution >= 4 is 10.8 Å². The topological polar surface area (TPSA) is 52.3 Å². The number of ether oxygens (including phenoxy) is 1. The Kier molecular flexibility index (Phi) is 7.75. The van der Waals surface area contributed by atoms with Crippen molar-refractivity contribution in [3.05, 3.63) is 29.8 Å². The van der Waals surface area contributed by atoms with Crippen LogP contribution in [0, 0.1) is 5.92 Å². The lowest BCUT2D eigenvalue weighted by atomic mass is 10.1. The number of hydrogen-bond acceptors (Lipinski definition) is 3. The van der Waals surface area contributed by atoms with Gasteiger partial charge < -0.3 is 10.5 Å². The van der Waals surface area contributed by atoms with Crippen LogP contribution in [0.3, 0.4) is 0 Å². The van der Waals surface area contributed by atoms with Crippen LogP contribution in [0.2, 0.25) is 0 Å². The second kappa shape index (κ2) is 9.10. The molecular formula is C15H25NO2S. The van der Waals surface area contributed by atoms with Crippen molar-refractivity contribution in [2.45, 2.75) is 26.7 Å². The van der Waals surface area contributed by atoms with E-state index < -0.39 is 10.8 Å². The summed E-state index contributed by atoms with van der Waals surface area (Å²) in [4.78, 5) is 0. The molecule has 4 heteroatoms. The number of benzene rings is 1. The van der Waals surface area contributed by atoms with Gasteiger partial charge in [0.2, 0.25) is 0 Å². The second-order valence-electron chi connectivity index (χ2n) is 4.86. The summed E-state index contributed by atoms with van der Waals surface area (Å²) >= 11 is 0. The van der Waals surface area contributed by atoms with Gasteiger partial charge in [0.1, 0.15) is 5.75 Å². The van der Waals surface area contributed by atoms with Crippen LogP contribution in [0.4, 0.5) is 0 Å². The maximum atomic E-state index is 11.8. The first-order valence-corrected chi connectivity index (χ1v) is 8.41. The molecule has 0 saturated heterocycles. The third-order valence-corrected chi connectivity index (χ3v) is 4.67. The zero-order valence-electron chi connectivity index (χ0n) is 11.9. The molecule has 1 aromatic rings. The summed E-state index contributed by atoms with van der Waals surface area (Å²) in [5.74, 6) is 2.74. The van der Waals surface area contributed by atoms with E-state index in [1.165, 1.54) is 5.56 Å². The Balaban J connectivity index is 2.27. The van der Waals surface area contributed by atoms with Gasteiger partial charge in [0.15, 0.2) is 0 Å². The van der Waals surface area contributed by atoms with E-state index in [1.54, 1.807) is 0 Å². The van der Waals surface area contributed by atoms with Gasteiger partial charge >= 0.3 is 0 Å². The highest BCUT2D eigenvalue weighted by molar-refractivity contribution is 7.85. The van der Waals surface area contributed by atoms with E-state index >= 15 is 0 Å². The van der Waals surface area contributed by atoms with E-state index in [9.17, 15) is 4.21 Å². The first-order valence-electron chi connectivity index (χ1n) is 6.92. The molecular weight excluding hydrogens is 258 g/mol. The van der Waals surface area contributed by atoms with Crippen LogP contribution in [-0.4, -0.2) is 28.9 Å². The average Bonchev–Trinajstić information content (AvgIpc) is 2.41. The molecule has 2 unspecified atom stereocenters. The fourth-order valence-electron chi connectivity index (χ4n) is 1.69. The fraction of sp³-hybridized carbons (Fsp3) is 0.600. The zero-order valence-corrected chi connectivity index (χ0v) is 12.7. The second-order valence-corrected chi connectivity index (χ2v) is 6.48. The van der Waals surface area contributed by atoms with Gasteiger partial charge in [-0.25, -0.2) is 0 Å². The highest BCUT2D eigenvalue weighted by Gasteiger charge is 2.06. The molecule has 0 amide bonds. The number of hydrogen-bond donors (Lipinski definition) is 1. The lowest BCUT2D eigenvalue weighted by Crippen LogP contribution is -2.15. The summed E-state index contributed by atoms with van der Waals surface area (Å²) in [6, 6.07) is 7.95. The minimum atomic E-state index is -0.773. The predicted octanol–water partition coefficient (Wildman–Crippen LogP) is 2.36. The maximum Gasteiger partial charge on any atom is 0.119 e. The van der Waals surface area contributed by atoms with Gasteiger partial charge in [-0.1, -0.05) is 32.4 Å². The Morgan fingerprint density at radius 3 is 2.58 bits per heavy atom. The predicted molar refractivity (Wildman–Crippen MR) is 82.0 cm³/mol. The molecule has 0 heterocycles. The summed E-state index contributed by atoms with van der Waals surface area (Å²) in [5, 5.41) is 0. The van der Waals surface area contributed by atoms with Crippen molar-refractivity contribution in [1.82, 2.24) is 0 Å². The monoisotopic (exact) mass is 283 g/mol. The van der Waals surface area contributed by atoms with Crippen molar-refractivity contribution < 1.29 is 8.95 Å². The molecule has 0 aliphatic rings. The highest BCUT2D eigenvalue weighted by Crippen LogP contribution is 2.12. The minimum absolute atomic E-state index is 0.513. The van der Waals surface area contributed by atoms with E-state index in [0.717, 1.165) is 24.3 Å². The molecule has 108 valence electrons. The fourth-order valence-corrected chi connectivity index (χ4v) is 3.00. The Morgan fingerprint density at radius 2 is 2.00 bits per heavy atom. The number of nitrogens with two attached hydrogens (primary N) is 1. The van der Waals surface area contributed by atoms with Crippen molar-refractivity contribution in [2.24, 2.45) is 11.7 Å². The lowest BCUT2D eigenvalue weighted by Gasteiger charge is -2.09. The summed E-state index contributed by atoms with van der Waals surface area (Å²) in [6.45, 7) is 5.43. The van der Waals surface area contributed by atoms with Crippen molar-refractivity contribution in [3.8, 4) is 5.75 Å². The first kappa shape index (κ1) is 16.2. The van der Waals surface area contributed by atoms with Gasteiger partial charge in [-0.3, -0.25) is 4.21 Å². The molecule has 19 heavy (non-hydrogen) atoms. The van der Waals surface area contributed by atoms with Crippen LogP contribution in [0.5, 0.6) is 5.75 Å². The van der Waals surface area contributed by atoms with Gasteiger partial charge in [0.05, 0.1) is 12.4 Å². The SMILES string of the molecule is CCC(C)CS(=O)CCOc1ccc(CCN)cc1. The Bertz CT molecular complexity index is 378. The van der Waals surface area contributed by atoms with Crippen molar-refractivity contribution in [3.63, 3.8) is 0 Å². The standard InChI is InChI=1S/C15H25NO2S/c1-3-13(2)12-19(17)11-10-18-15-6-4-14(5-7-15)8-9-16/h4-7,13H,3,8-12,16H2,1-2H3. The molecule has 0 fully saturated rings. The van der Waals surface area contributed by atoms with Gasteiger partial charge in [-0.15, -0.1) is 0 Å². The molecule has 0 aliphatic carbocycles. The summed E-state index contributed by atoms with van der Waals surface area (Å²) in [6.07, 6.45) is 1.97.